The number of hydrogen-bond acceptors (Lipinski definition) is 4. The van der Waals surface area contributed by atoms with Gasteiger partial charge in [0.25, 0.3) is 0 Å². The minimum Gasteiger partial charge on any atom is -0.459 e. The summed E-state index contributed by atoms with van der Waals surface area (Å²) in [5.41, 5.74) is -1.40. The first kappa shape index (κ1) is 13.3. The van der Waals surface area contributed by atoms with Gasteiger partial charge in [-0.05, 0) is 33.6 Å². The Morgan fingerprint density at radius 3 is 2.17 bits per heavy atom. The van der Waals surface area contributed by atoms with E-state index in [-0.39, 0.29) is 11.9 Å². The Balaban J connectivity index is 2.02. The van der Waals surface area contributed by atoms with Crippen molar-refractivity contribution in [2.45, 2.75) is 39.2 Å². The molecular formula is C13H22N2O3. The van der Waals surface area contributed by atoms with E-state index in [0.717, 1.165) is 13.1 Å². The number of piperazine rings is 1. The third-order valence-corrected chi connectivity index (χ3v) is 3.35. The first-order valence-electron chi connectivity index (χ1n) is 6.59. The van der Waals surface area contributed by atoms with Gasteiger partial charge >= 0.3 is 5.97 Å². The van der Waals surface area contributed by atoms with Gasteiger partial charge in [0, 0.05) is 26.2 Å². The second-order valence-corrected chi connectivity index (χ2v) is 6.13. The van der Waals surface area contributed by atoms with Crippen molar-refractivity contribution in [3.05, 3.63) is 0 Å². The Morgan fingerprint density at radius 2 is 1.72 bits per heavy atom. The fraction of sp³-hybridized carbons (Fsp3) is 0.846. The molecule has 5 heteroatoms. The van der Waals surface area contributed by atoms with Gasteiger partial charge in [-0.15, -0.1) is 0 Å². The number of hydrogen-bond donors (Lipinski definition) is 1. The summed E-state index contributed by atoms with van der Waals surface area (Å²) in [7, 11) is 0. The van der Waals surface area contributed by atoms with Crippen molar-refractivity contribution in [1.29, 1.82) is 0 Å². The summed E-state index contributed by atoms with van der Waals surface area (Å²) in [6, 6.07) is 0. The van der Waals surface area contributed by atoms with Gasteiger partial charge in [0.1, 0.15) is 11.0 Å². The van der Waals surface area contributed by atoms with Crippen molar-refractivity contribution in [2.75, 3.05) is 26.2 Å². The molecule has 5 nitrogen and oxygen atoms in total. The van der Waals surface area contributed by atoms with Crippen LogP contribution < -0.4 is 5.32 Å². The van der Waals surface area contributed by atoms with E-state index in [1.54, 1.807) is 4.90 Å². The zero-order valence-electron chi connectivity index (χ0n) is 11.4. The average Bonchev–Trinajstić information content (AvgIpc) is 3.08. The van der Waals surface area contributed by atoms with E-state index in [4.69, 9.17) is 4.74 Å². The van der Waals surface area contributed by atoms with E-state index in [2.05, 4.69) is 5.32 Å². The molecule has 0 spiro atoms. The van der Waals surface area contributed by atoms with Gasteiger partial charge in [0.2, 0.25) is 5.91 Å². The third kappa shape index (κ3) is 2.66. The fourth-order valence-electron chi connectivity index (χ4n) is 2.18. The third-order valence-electron chi connectivity index (χ3n) is 3.35. The smallest absolute Gasteiger partial charge is 0.322 e. The quantitative estimate of drug-likeness (QED) is 0.577. The molecule has 1 saturated carbocycles. The standard InChI is InChI=1S/C13H22N2O3/c1-12(2,3)18-11(17)13(4-5-13)10(16)15-8-6-14-7-9-15/h14H,4-9H2,1-3H3. The number of nitrogens with one attached hydrogen (secondary N) is 1. The second-order valence-electron chi connectivity index (χ2n) is 6.13. The normalized spacial score (nSPS) is 22.5. The van der Waals surface area contributed by atoms with Gasteiger partial charge in [-0.1, -0.05) is 0 Å². The molecule has 0 atom stereocenters. The molecule has 0 bridgehead atoms. The van der Waals surface area contributed by atoms with Gasteiger partial charge in [0.15, 0.2) is 0 Å². The van der Waals surface area contributed by atoms with Gasteiger partial charge in [0.05, 0.1) is 0 Å². The summed E-state index contributed by atoms with van der Waals surface area (Å²) in [4.78, 5) is 26.3. The monoisotopic (exact) mass is 254 g/mol. The first-order valence-corrected chi connectivity index (χ1v) is 6.59. The summed E-state index contributed by atoms with van der Waals surface area (Å²) in [5.74, 6) is -0.392. The van der Waals surface area contributed by atoms with Crippen LogP contribution in [0.25, 0.3) is 0 Å². The van der Waals surface area contributed by atoms with Crippen molar-refractivity contribution in [2.24, 2.45) is 5.41 Å². The maximum absolute atomic E-state index is 12.4. The van der Waals surface area contributed by atoms with Gasteiger partial charge in [-0.2, -0.15) is 0 Å². The maximum atomic E-state index is 12.4. The lowest BCUT2D eigenvalue weighted by Crippen LogP contribution is -2.51. The van der Waals surface area contributed by atoms with Crippen LogP contribution in [0, 0.1) is 5.41 Å². The summed E-state index contributed by atoms with van der Waals surface area (Å²) < 4.78 is 5.37. The molecule has 0 aromatic heterocycles. The highest BCUT2D eigenvalue weighted by Crippen LogP contribution is 2.49. The predicted octanol–water partition coefficient (Wildman–Crippen LogP) is 0.540. The number of carbonyl (C=O) groups excluding carboxylic acids is 2. The molecule has 2 aliphatic rings. The van der Waals surface area contributed by atoms with E-state index in [9.17, 15) is 9.59 Å². The minimum absolute atomic E-state index is 0.0433. The molecule has 1 aliphatic heterocycles. The fourth-order valence-corrected chi connectivity index (χ4v) is 2.18. The number of ether oxygens (including phenoxy) is 1. The van der Waals surface area contributed by atoms with Crippen LogP contribution >= 0.6 is 0 Å². The molecule has 102 valence electrons. The maximum Gasteiger partial charge on any atom is 0.322 e. The van der Waals surface area contributed by atoms with Crippen LogP contribution in [0.15, 0.2) is 0 Å². The molecule has 1 amide bonds. The highest BCUT2D eigenvalue weighted by atomic mass is 16.6. The molecule has 1 N–H and O–H groups in total. The van der Waals surface area contributed by atoms with Gasteiger partial charge < -0.3 is 15.0 Å². The molecule has 1 saturated heterocycles. The van der Waals surface area contributed by atoms with Crippen molar-refractivity contribution in [3.63, 3.8) is 0 Å². The van der Waals surface area contributed by atoms with Crippen LogP contribution in [-0.4, -0.2) is 48.6 Å². The average molecular weight is 254 g/mol. The highest BCUT2D eigenvalue weighted by molar-refractivity contribution is 6.05. The molecule has 1 heterocycles. The zero-order valence-corrected chi connectivity index (χ0v) is 11.4. The molecule has 2 rings (SSSR count). The molecular weight excluding hydrogens is 232 g/mol. The van der Waals surface area contributed by atoms with E-state index in [1.165, 1.54) is 0 Å². The minimum atomic E-state index is -0.870. The van der Waals surface area contributed by atoms with Crippen LogP contribution in [0.2, 0.25) is 0 Å². The number of nitrogens with zero attached hydrogens (tertiary/aromatic N) is 1. The van der Waals surface area contributed by atoms with Crippen molar-refractivity contribution in [1.82, 2.24) is 10.2 Å². The predicted molar refractivity (Wildman–Crippen MR) is 67.0 cm³/mol. The molecule has 0 aromatic rings. The van der Waals surface area contributed by atoms with Crippen molar-refractivity contribution in [3.8, 4) is 0 Å². The number of esters is 1. The Kier molecular flexibility index (Phi) is 3.36. The zero-order chi connectivity index (χ0) is 13.4. The summed E-state index contributed by atoms with van der Waals surface area (Å²) in [6.45, 7) is 8.46. The van der Waals surface area contributed by atoms with E-state index in [1.807, 2.05) is 20.8 Å². The van der Waals surface area contributed by atoms with E-state index in [0.29, 0.717) is 25.9 Å². The molecule has 0 aromatic carbocycles. The molecule has 1 aliphatic carbocycles. The number of carbonyl (C=O) groups is 2. The Bertz CT molecular complexity index is 350. The van der Waals surface area contributed by atoms with Crippen LogP contribution in [-0.2, 0) is 14.3 Å². The number of rotatable bonds is 2. The lowest BCUT2D eigenvalue weighted by Gasteiger charge is -2.31. The summed E-state index contributed by atoms with van der Waals surface area (Å²) in [5, 5.41) is 3.20. The highest BCUT2D eigenvalue weighted by Gasteiger charge is 2.60. The SMILES string of the molecule is CC(C)(C)OC(=O)C1(C(=O)N2CCNCC2)CC1. The summed E-state index contributed by atoms with van der Waals surface area (Å²) in [6.07, 6.45) is 1.26. The van der Waals surface area contributed by atoms with Crippen LogP contribution in [0.3, 0.4) is 0 Å². The molecule has 0 radical (unpaired) electrons. The first-order chi connectivity index (χ1) is 8.35. The Hall–Kier alpha value is -1.10. The topological polar surface area (TPSA) is 58.6 Å². The van der Waals surface area contributed by atoms with Crippen LogP contribution in [0.1, 0.15) is 33.6 Å². The Labute approximate surface area is 108 Å². The van der Waals surface area contributed by atoms with Gasteiger partial charge in [-0.25, -0.2) is 0 Å². The number of amides is 1. The second kappa shape index (κ2) is 4.53. The Morgan fingerprint density at radius 1 is 1.17 bits per heavy atom. The lowest BCUT2D eigenvalue weighted by atomic mass is 10.0. The van der Waals surface area contributed by atoms with Crippen molar-refractivity contribution >= 4 is 11.9 Å². The largest absolute Gasteiger partial charge is 0.459 e. The van der Waals surface area contributed by atoms with E-state index >= 15 is 0 Å². The lowest BCUT2D eigenvalue weighted by molar-refractivity contribution is -0.167. The summed E-state index contributed by atoms with van der Waals surface area (Å²) >= 11 is 0. The molecule has 2 fully saturated rings. The molecule has 0 unspecified atom stereocenters. The van der Waals surface area contributed by atoms with Gasteiger partial charge in [-0.3, -0.25) is 9.59 Å². The van der Waals surface area contributed by atoms with Crippen LogP contribution in [0.4, 0.5) is 0 Å². The molecule has 18 heavy (non-hydrogen) atoms. The van der Waals surface area contributed by atoms with Crippen molar-refractivity contribution < 1.29 is 14.3 Å². The van der Waals surface area contributed by atoms with E-state index < -0.39 is 11.0 Å². The van der Waals surface area contributed by atoms with Crippen LogP contribution in [0.5, 0.6) is 0 Å².